The van der Waals surface area contributed by atoms with E-state index in [1.807, 2.05) is 6.07 Å². The molecule has 0 fully saturated rings. The second kappa shape index (κ2) is 5.45. The van der Waals surface area contributed by atoms with E-state index in [9.17, 15) is 13.2 Å². The molecule has 3 rings (SSSR count). The summed E-state index contributed by atoms with van der Waals surface area (Å²) in [5.74, 6) is -0.172. The van der Waals surface area contributed by atoms with Crippen molar-refractivity contribution >= 4 is 0 Å². The molecule has 2 heterocycles. The summed E-state index contributed by atoms with van der Waals surface area (Å²) in [5.41, 5.74) is 6.71. The Morgan fingerprint density at radius 2 is 1.95 bits per heavy atom. The van der Waals surface area contributed by atoms with E-state index in [-0.39, 0.29) is 11.8 Å². The fourth-order valence-corrected chi connectivity index (χ4v) is 2.14. The topological polar surface area (TPSA) is 70.3 Å². The van der Waals surface area contributed by atoms with Crippen molar-refractivity contribution in [3.8, 4) is 17.2 Å². The van der Waals surface area contributed by atoms with Crippen molar-refractivity contribution in [2.75, 3.05) is 6.61 Å². The smallest absolute Gasteiger partial charge is 0.451 e. The second-order valence-corrected chi connectivity index (χ2v) is 4.86. The Hall–Kier alpha value is -2.35. The van der Waals surface area contributed by atoms with Gasteiger partial charge in [0.15, 0.2) is 17.2 Å². The van der Waals surface area contributed by atoms with Crippen molar-refractivity contribution < 1.29 is 22.6 Å². The van der Waals surface area contributed by atoms with E-state index in [1.165, 1.54) is 0 Å². The fourth-order valence-electron chi connectivity index (χ4n) is 2.14. The van der Waals surface area contributed by atoms with Gasteiger partial charge in [-0.3, -0.25) is 0 Å². The first-order chi connectivity index (χ1) is 10.4. The maximum absolute atomic E-state index is 12.4. The third-order valence-electron chi connectivity index (χ3n) is 3.09. The number of aromatic nitrogens is 2. The molecule has 8 heteroatoms. The van der Waals surface area contributed by atoms with Crippen LogP contribution in [0.5, 0.6) is 17.2 Å². The maximum atomic E-state index is 12.4. The molecule has 1 unspecified atom stereocenters. The molecule has 0 spiro atoms. The number of ether oxygens (including phenoxy) is 2. The monoisotopic (exact) mass is 311 g/mol. The number of nitrogens with zero attached hydrogens (tertiary/aromatic N) is 2. The zero-order valence-corrected chi connectivity index (χ0v) is 11.3. The number of hydrogen-bond acceptors (Lipinski definition) is 5. The molecule has 0 amide bonds. The van der Waals surface area contributed by atoms with Gasteiger partial charge in [-0.25, -0.2) is 9.97 Å². The fraction of sp³-hybridized carbons (Fsp3) is 0.286. The molecule has 0 radical (unpaired) electrons. The molecule has 116 valence electrons. The lowest BCUT2D eigenvalue weighted by Gasteiger charge is -2.24. The van der Waals surface area contributed by atoms with E-state index in [1.54, 1.807) is 12.1 Å². The van der Waals surface area contributed by atoms with E-state index >= 15 is 0 Å². The first-order valence-electron chi connectivity index (χ1n) is 6.51. The molecule has 1 aliphatic heterocycles. The predicted octanol–water partition coefficient (Wildman–Crippen LogP) is 2.55. The number of alkyl halides is 3. The van der Waals surface area contributed by atoms with Crippen molar-refractivity contribution in [1.82, 2.24) is 9.97 Å². The Kier molecular flexibility index (Phi) is 3.61. The van der Waals surface area contributed by atoms with Crippen molar-refractivity contribution in [2.24, 2.45) is 5.73 Å². The van der Waals surface area contributed by atoms with Gasteiger partial charge in [-0.1, -0.05) is 12.1 Å². The van der Waals surface area contributed by atoms with E-state index < -0.39 is 12.0 Å². The summed E-state index contributed by atoms with van der Waals surface area (Å²) in [5, 5.41) is 0. The summed E-state index contributed by atoms with van der Waals surface area (Å²) in [6.45, 7) is 0.358. The minimum atomic E-state index is -4.58. The summed E-state index contributed by atoms with van der Waals surface area (Å²) in [7, 11) is 0. The number of rotatable bonds is 2. The maximum Gasteiger partial charge on any atom is 0.451 e. The highest BCUT2D eigenvalue weighted by molar-refractivity contribution is 5.49. The Balaban J connectivity index is 1.83. The average Bonchev–Trinajstić information content (AvgIpc) is 2.47. The predicted molar refractivity (Wildman–Crippen MR) is 70.7 cm³/mol. The van der Waals surface area contributed by atoms with Crippen LogP contribution in [-0.4, -0.2) is 22.6 Å². The van der Waals surface area contributed by atoms with Gasteiger partial charge in [-0.2, -0.15) is 13.2 Å². The minimum absolute atomic E-state index is 0.0860. The number of fused-ring (bicyclic) bond motifs is 1. The zero-order chi connectivity index (χ0) is 15.7. The van der Waals surface area contributed by atoms with Crippen LogP contribution in [0.3, 0.4) is 0 Å². The molecule has 5 nitrogen and oxygen atoms in total. The van der Waals surface area contributed by atoms with Gasteiger partial charge in [0.05, 0.1) is 12.4 Å². The third-order valence-corrected chi connectivity index (χ3v) is 3.09. The quantitative estimate of drug-likeness (QED) is 0.923. The van der Waals surface area contributed by atoms with Crippen LogP contribution in [0.25, 0.3) is 0 Å². The molecule has 0 bridgehead atoms. The molecular formula is C14H12F3N3O2. The Labute approximate surface area is 123 Å². The highest BCUT2D eigenvalue weighted by Gasteiger charge is 2.34. The minimum Gasteiger partial charge on any atom is -0.488 e. The van der Waals surface area contributed by atoms with Crippen molar-refractivity contribution in [3.63, 3.8) is 0 Å². The number of hydrogen-bond donors (Lipinski definition) is 1. The van der Waals surface area contributed by atoms with Gasteiger partial charge < -0.3 is 15.2 Å². The number of para-hydroxylation sites is 1. The summed E-state index contributed by atoms with van der Waals surface area (Å²) in [6, 6.07) is 5.20. The molecule has 0 aliphatic carbocycles. The van der Waals surface area contributed by atoms with E-state index in [0.29, 0.717) is 24.5 Å². The lowest BCUT2D eigenvalue weighted by Crippen LogP contribution is -2.33. The molecule has 0 saturated carbocycles. The van der Waals surface area contributed by atoms with Gasteiger partial charge in [0.25, 0.3) is 0 Å². The molecule has 1 aromatic heterocycles. The Morgan fingerprint density at radius 1 is 1.23 bits per heavy atom. The molecule has 2 N–H and O–H groups in total. The summed E-state index contributed by atoms with van der Waals surface area (Å²) in [4.78, 5) is 6.50. The average molecular weight is 311 g/mol. The second-order valence-electron chi connectivity index (χ2n) is 4.86. The van der Waals surface area contributed by atoms with Crippen LogP contribution in [0.4, 0.5) is 13.2 Å². The third kappa shape index (κ3) is 2.96. The number of nitrogens with two attached hydrogens (primary N) is 1. The molecule has 0 saturated heterocycles. The van der Waals surface area contributed by atoms with Gasteiger partial charge in [-0.05, 0) is 18.1 Å². The summed E-state index contributed by atoms with van der Waals surface area (Å²) in [6.07, 6.45) is -1.98. The normalized spacial score (nSPS) is 17.5. The van der Waals surface area contributed by atoms with Crippen LogP contribution in [0.1, 0.15) is 11.4 Å². The number of halogens is 3. The zero-order valence-electron chi connectivity index (χ0n) is 11.3. The molecule has 1 atom stereocenters. The molecule has 1 aromatic carbocycles. The van der Waals surface area contributed by atoms with Crippen LogP contribution >= 0.6 is 0 Å². The van der Waals surface area contributed by atoms with Crippen LogP contribution < -0.4 is 15.2 Å². The highest BCUT2D eigenvalue weighted by atomic mass is 19.4. The largest absolute Gasteiger partial charge is 0.488 e. The molecule has 22 heavy (non-hydrogen) atoms. The van der Waals surface area contributed by atoms with Crippen molar-refractivity contribution in [3.05, 3.63) is 42.0 Å². The molecule has 1 aliphatic rings. The summed E-state index contributed by atoms with van der Waals surface area (Å²) < 4.78 is 48.3. The molecule has 2 aromatic rings. The first kappa shape index (κ1) is 14.6. The lowest BCUT2D eigenvalue weighted by atomic mass is 10.0. The van der Waals surface area contributed by atoms with Crippen LogP contribution in [0, 0.1) is 0 Å². The van der Waals surface area contributed by atoms with E-state index in [0.717, 1.165) is 18.0 Å². The Bertz CT molecular complexity index is 674. The highest BCUT2D eigenvalue weighted by Crippen LogP contribution is 2.37. The van der Waals surface area contributed by atoms with Crippen molar-refractivity contribution in [1.29, 1.82) is 0 Å². The standard InChI is InChI=1S/C14H12F3N3O2/c15-14(16,17)13-19-5-10(6-20-13)22-11-3-1-2-8-4-9(18)7-21-12(8)11/h1-3,5-6,9H,4,7,18H2. The van der Waals surface area contributed by atoms with Crippen LogP contribution in [-0.2, 0) is 12.6 Å². The van der Waals surface area contributed by atoms with Gasteiger partial charge in [0.2, 0.25) is 5.82 Å². The molecular weight excluding hydrogens is 299 g/mol. The van der Waals surface area contributed by atoms with Crippen LogP contribution in [0.2, 0.25) is 0 Å². The van der Waals surface area contributed by atoms with Gasteiger partial charge in [-0.15, -0.1) is 0 Å². The Morgan fingerprint density at radius 3 is 2.64 bits per heavy atom. The SMILES string of the molecule is NC1COc2c(cccc2Oc2cnc(C(F)(F)F)nc2)C1. The van der Waals surface area contributed by atoms with Gasteiger partial charge >= 0.3 is 6.18 Å². The number of benzene rings is 1. The van der Waals surface area contributed by atoms with E-state index in [2.05, 4.69) is 9.97 Å². The van der Waals surface area contributed by atoms with Crippen LogP contribution in [0.15, 0.2) is 30.6 Å². The van der Waals surface area contributed by atoms with E-state index in [4.69, 9.17) is 15.2 Å². The van der Waals surface area contributed by atoms with Crippen molar-refractivity contribution in [2.45, 2.75) is 18.6 Å². The summed E-state index contributed by atoms with van der Waals surface area (Å²) >= 11 is 0. The first-order valence-corrected chi connectivity index (χ1v) is 6.51. The lowest BCUT2D eigenvalue weighted by molar-refractivity contribution is -0.145. The van der Waals surface area contributed by atoms with Gasteiger partial charge in [0.1, 0.15) is 6.61 Å². The van der Waals surface area contributed by atoms with Gasteiger partial charge in [0, 0.05) is 6.04 Å².